The first-order valence-electron chi connectivity index (χ1n) is 12.0. The highest BCUT2D eigenvalue weighted by Crippen LogP contribution is 2.38. The summed E-state index contributed by atoms with van der Waals surface area (Å²) in [5, 5.41) is 4.14. The van der Waals surface area contributed by atoms with E-state index in [9.17, 15) is 4.79 Å². The Kier molecular flexibility index (Phi) is 5.70. The number of halogens is 2. The lowest BCUT2D eigenvalue weighted by atomic mass is 10.1. The molecule has 2 unspecified atom stereocenters. The van der Waals surface area contributed by atoms with Crippen molar-refractivity contribution in [2.24, 2.45) is 0 Å². The van der Waals surface area contributed by atoms with E-state index in [0.717, 1.165) is 18.8 Å². The molecule has 2 saturated heterocycles. The predicted molar refractivity (Wildman–Crippen MR) is 145 cm³/mol. The summed E-state index contributed by atoms with van der Waals surface area (Å²) < 4.78 is 0. The summed E-state index contributed by atoms with van der Waals surface area (Å²) in [7, 11) is 4.09. The van der Waals surface area contributed by atoms with Crippen molar-refractivity contribution in [3.63, 3.8) is 0 Å². The average Bonchev–Trinajstić information content (AvgIpc) is 3.42. The number of likely N-dealkylation sites (N-methyl/N-ethyl adjacent to an activating group) is 1. The number of carbonyl (C=O) groups excluding carboxylic acids is 1. The van der Waals surface area contributed by atoms with Gasteiger partial charge in [-0.3, -0.25) is 14.6 Å². The molecule has 2 atom stereocenters. The molecule has 10 heteroatoms. The van der Waals surface area contributed by atoms with Gasteiger partial charge >= 0.3 is 0 Å². The standard InChI is InChI=1S/C26H27Cl2N7O/c1-15-9-16(7-8-22(15)34-13-17-10-18(34)12-32(17)2)30-26-29-11-19-24(31-26)33(3)14-35(25(19)36)23-20(27)5-4-6-21(23)28/h4-9,11,17-18H,10,12-14H2,1-3H3,(H,29,30,31). The van der Waals surface area contributed by atoms with Gasteiger partial charge in [0.05, 0.1) is 22.4 Å². The van der Waals surface area contributed by atoms with E-state index in [1.807, 2.05) is 11.9 Å². The van der Waals surface area contributed by atoms with Gasteiger partial charge in [-0.15, -0.1) is 0 Å². The van der Waals surface area contributed by atoms with E-state index in [0.29, 0.717) is 45.1 Å². The van der Waals surface area contributed by atoms with E-state index < -0.39 is 0 Å². The van der Waals surface area contributed by atoms with Crippen molar-refractivity contribution in [2.75, 3.05) is 53.9 Å². The van der Waals surface area contributed by atoms with Crippen molar-refractivity contribution in [3.8, 4) is 0 Å². The number of rotatable bonds is 4. The third-order valence-electron chi connectivity index (χ3n) is 7.44. The van der Waals surface area contributed by atoms with E-state index in [4.69, 9.17) is 23.2 Å². The molecule has 6 rings (SSSR count). The SMILES string of the molecule is Cc1cc(Nc2ncc3c(n2)N(C)CN(c2c(Cl)cccc2Cl)C3=O)ccc1N1CC2CC1CN2C. The molecule has 0 aliphatic carbocycles. The molecule has 2 fully saturated rings. The zero-order chi connectivity index (χ0) is 25.1. The van der Waals surface area contributed by atoms with Gasteiger partial charge in [-0.25, -0.2) is 4.98 Å². The van der Waals surface area contributed by atoms with E-state index in [1.54, 1.807) is 29.3 Å². The number of amides is 1. The minimum atomic E-state index is -0.240. The lowest BCUT2D eigenvalue weighted by Gasteiger charge is -2.35. The fraction of sp³-hybridized carbons (Fsp3) is 0.346. The van der Waals surface area contributed by atoms with Crippen LogP contribution in [0.25, 0.3) is 0 Å². The molecule has 0 spiro atoms. The molecule has 3 aliphatic rings. The van der Waals surface area contributed by atoms with Crippen molar-refractivity contribution in [3.05, 3.63) is 63.8 Å². The van der Waals surface area contributed by atoms with Crippen molar-refractivity contribution < 1.29 is 4.79 Å². The molecule has 2 bridgehead atoms. The maximum Gasteiger partial charge on any atom is 0.265 e. The van der Waals surface area contributed by atoms with Gasteiger partial charge in [-0.1, -0.05) is 29.3 Å². The number of fused-ring (bicyclic) bond motifs is 3. The topological polar surface area (TPSA) is 67.8 Å². The van der Waals surface area contributed by atoms with Gasteiger partial charge in [-0.05, 0) is 56.3 Å². The minimum absolute atomic E-state index is 0.240. The number of para-hydroxylation sites is 1. The molecule has 2 aromatic carbocycles. The number of piperazine rings is 1. The number of aromatic nitrogens is 2. The Labute approximate surface area is 220 Å². The molecule has 0 radical (unpaired) electrons. The van der Waals surface area contributed by atoms with Crippen LogP contribution < -0.4 is 20.0 Å². The highest BCUT2D eigenvalue weighted by atomic mass is 35.5. The van der Waals surface area contributed by atoms with Crippen LogP contribution in [0.1, 0.15) is 22.3 Å². The molecule has 0 saturated carbocycles. The molecule has 1 N–H and O–H groups in total. The second-order valence-corrected chi connectivity index (χ2v) is 10.6. The Balaban J connectivity index is 1.23. The molecule has 3 aromatic rings. The third-order valence-corrected chi connectivity index (χ3v) is 8.05. The van der Waals surface area contributed by atoms with E-state index in [-0.39, 0.29) is 12.6 Å². The zero-order valence-corrected chi connectivity index (χ0v) is 21.9. The lowest BCUT2D eigenvalue weighted by Crippen LogP contribution is -2.46. The summed E-state index contributed by atoms with van der Waals surface area (Å²) >= 11 is 12.7. The molecule has 4 heterocycles. The fourth-order valence-electron chi connectivity index (χ4n) is 5.63. The van der Waals surface area contributed by atoms with Crippen LogP contribution in [-0.2, 0) is 0 Å². The Morgan fingerprint density at radius 1 is 1.06 bits per heavy atom. The summed E-state index contributed by atoms with van der Waals surface area (Å²) in [5.74, 6) is 0.754. The van der Waals surface area contributed by atoms with Gasteiger partial charge in [0.1, 0.15) is 11.4 Å². The van der Waals surface area contributed by atoms with Crippen LogP contribution in [0.3, 0.4) is 0 Å². The van der Waals surface area contributed by atoms with Gasteiger partial charge in [0.25, 0.3) is 5.91 Å². The van der Waals surface area contributed by atoms with Gasteiger partial charge in [0.15, 0.2) is 0 Å². The number of aryl methyl sites for hydroxylation is 1. The first kappa shape index (κ1) is 23.3. The highest BCUT2D eigenvalue weighted by molar-refractivity contribution is 6.40. The van der Waals surface area contributed by atoms with Gasteiger partial charge in [0.2, 0.25) is 5.95 Å². The van der Waals surface area contributed by atoms with E-state index in [1.165, 1.54) is 17.7 Å². The van der Waals surface area contributed by atoms with E-state index in [2.05, 4.69) is 57.3 Å². The van der Waals surface area contributed by atoms with Crippen LogP contribution >= 0.6 is 23.2 Å². The van der Waals surface area contributed by atoms with Crippen molar-refractivity contribution >= 4 is 57.9 Å². The Hall–Kier alpha value is -3.07. The smallest absolute Gasteiger partial charge is 0.265 e. The monoisotopic (exact) mass is 523 g/mol. The molecular weight excluding hydrogens is 497 g/mol. The number of hydrogen-bond donors (Lipinski definition) is 1. The summed E-state index contributed by atoms with van der Waals surface area (Å²) in [5.41, 5.74) is 4.29. The van der Waals surface area contributed by atoms with Crippen molar-refractivity contribution in [1.82, 2.24) is 14.9 Å². The third kappa shape index (κ3) is 3.84. The van der Waals surface area contributed by atoms with Crippen LogP contribution in [0.2, 0.25) is 10.0 Å². The van der Waals surface area contributed by atoms with E-state index >= 15 is 0 Å². The fourth-order valence-corrected chi connectivity index (χ4v) is 6.23. The number of nitrogens with one attached hydrogen (secondary N) is 1. The Bertz CT molecular complexity index is 1340. The molecule has 186 valence electrons. The van der Waals surface area contributed by atoms with Crippen LogP contribution in [0.15, 0.2) is 42.6 Å². The first-order chi connectivity index (χ1) is 17.3. The molecule has 8 nitrogen and oxygen atoms in total. The zero-order valence-electron chi connectivity index (χ0n) is 20.4. The molecular formula is C26H27Cl2N7O. The maximum absolute atomic E-state index is 13.3. The predicted octanol–water partition coefficient (Wildman–Crippen LogP) is 4.78. The summed E-state index contributed by atoms with van der Waals surface area (Å²) in [6.07, 6.45) is 2.80. The first-order valence-corrected chi connectivity index (χ1v) is 12.7. The second-order valence-electron chi connectivity index (χ2n) is 9.84. The van der Waals surface area contributed by atoms with Crippen LogP contribution in [0.5, 0.6) is 0 Å². The number of nitrogens with zero attached hydrogens (tertiary/aromatic N) is 6. The molecule has 3 aliphatic heterocycles. The van der Waals surface area contributed by atoms with Crippen LogP contribution in [0, 0.1) is 6.92 Å². The van der Waals surface area contributed by atoms with Gasteiger partial charge in [-0.2, -0.15) is 4.98 Å². The summed E-state index contributed by atoms with van der Waals surface area (Å²) in [6, 6.07) is 12.8. The Morgan fingerprint density at radius 3 is 2.50 bits per heavy atom. The number of benzene rings is 2. The number of hydrogen-bond acceptors (Lipinski definition) is 7. The largest absolute Gasteiger partial charge is 0.365 e. The normalized spacial score (nSPS) is 21.4. The highest BCUT2D eigenvalue weighted by Gasteiger charge is 2.41. The number of likely N-dealkylation sites (tertiary alicyclic amines) is 1. The molecule has 1 amide bonds. The van der Waals surface area contributed by atoms with Crippen LogP contribution in [-0.4, -0.2) is 66.7 Å². The van der Waals surface area contributed by atoms with Gasteiger partial charge < -0.3 is 15.1 Å². The van der Waals surface area contributed by atoms with Crippen molar-refractivity contribution in [2.45, 2.75) is 25.4 Å². The molecule has 36 heavy (non-hydrogen) atoms. The lowest BCUT2D eigenvalue weighted by molar-refractivity contribution is 0.0982. The summed E-state index contributed by atoms with van der Waals surface area (Å²) in [4.78, 5) is 30.8. The quantitative estimate of drug-likeness (QED) is 0.527. The van der Waals surface area contributed by atoms with Gasteiger partial charge in [0, 0.05) is 49.8 Å². The average molecular weight is 524 g/mol. The minimum Gasteiger partial charge on any atom is -0.365 e. The number of anilines is 5. The Morgan fingerprint density at radius 2 is 1.83 bits per heavy atom. The molecule has 1 aromatic heterocycles. The second kappa shape index (κ2) is 8.80. The number of carbonyl (C=O) groups is 1. The van der Waals surface area contributed by atoms with Crippen molar-refractivity contribution in [1.29, 1.82) is 0 Å². The maximum atomic E-state index is 13.3. The van der Waals surface area contributed by atoms with Crippen LogP contribution in [0.4, 0.5) is 28.8 Å². The summed E-state index contributed by atoms with van der Waals surface area (Å²) in [6.45, 7) is 4.62.